The molecule has 0 aromatic heterocycles. The maximum absolute atomic E-state index is 15.4. The predicted octanol–water partition coefficient (Wildman–Crippen LogP) is 6.44. The maximum Gasteiger partial charge on any atom is 0.420 e. The van der Waals surface area contributed by atoms with Gasteiger partial charge in [-0.15, -0.1) is 4.91 Å². The fourth-order valence-electron chi connectivity index (χ4n) is 6.57. The van der Waals surface area contributed by atoms with E-state index in [0.29, 0.717) is 23.4 Å². The number of hydrogen-bond acceptors (Lipinski definition) is 6. The molecule has 0 bridgehead atoms. The second-order valence-corrected chi connectivity index (χ2v) is 11.5. The number of hydrogen-bond donors (Lipinski definition) is 0. The minimum absolute atomic E-state index is 0.0693. The van der Waals surface area contributed by atoms with Crippen molar-refractivity contribution in [2.24, 2.45) is 16.5 Å². The zero-order chi connectivity index (χ0) is 31.2. The molecule has 1 saturated carbocycles. The molecule has 6 atom stereocenters. The van der Waals surface area contributed by atoms with E-state index >= 15 is 4.39 Å². The SMILES string of the molecule is COC(=O)Cc1ccc(O[C@H]2CCC3=CC4(C)C(C=C3N(C(=O)[C@@H](C)c3ccccc3)C2)[C@@H](F)C4(N=O)C(F)(F)F)cc1. The molecule has 3 unspecified atom stereocenters. The number of methoxy groups -OCH3 is 1. The number of nitroso groups, excluding NO2 is 1. The fourth-order valence-corrected chi connectivity index (χ4v) is 6.57. The first kappa shape index (κ1) is 30.4. The molecular weight excluding hydrogens is 568 g/mol. The molecule has 228 valence electrons. The van der Waals surface area contributed by atoms with Crippen LogP contribution < -0.4 is 4.74 Å². The van der Waals surface area contributed by atoms with Crippen molar-refractivity contribution in [3.8, 4) is 5.75 Å². The second-order valence-electron chi connectivity index (χ2n) is 11.5. The molecule has 1 aliphatic heterocycles. The summed E-state index contributed by atoms with van der Waals surface area (Å²) in [4.78, 5) is 38.7. The highest BCUT2D eigenvalue weighted by molar-refractivity contribution is 5.86. The quantitative estimate of drug-likeness (QED) is 0.208. The normalized spacial score (nSPS) is 29.0. The molecule has 2 aliphatic carbocycles. The lowest BCUT2D eigenvalue weighted by Gasteiger charge is -2.60. The molecule has 43 heavy (non-hydrogen) atoms. The number of esters is 1. The van der Waals surface area contributed by atoms with E-state index in [0.717, 1.165) is 11.1 Å². The van der Waals surface area contributed by atoms with Gasteiger partial charge >= 0.3 is 12.1 Å². The van der Waals surface area contributed by atoms with Gasteiger partial charge in [-0.3, -0.25) is 9.59 Å². The predicted molar refractivity (Wildman–Crippen MR) is 150 cm³/mol. The lowest BCUT2D eigenvalue weighted by molar-refractivity contribution is -0.283. The second kappa shape index (κ2) is 11.2. The van der Waals surface area contributed by atoms with Crippen LogP contribution in [-0.4, -0.2) is 54.4 Å². The zero-order valence-corrected chi connectivity index (χ0v) is 23.9. The van der Waals surface area contributed by atoms with Gasteiger partial charge in [0, 0.05) is 17.0 Å². The summed E-state index contributed by atoms with van der Waals surface area (Å²) in [5.41, 5.74) is -3.15. The Labute approximate surface area is 246 Å². The molecular formula is C32H32F4N2O5. The molecule has 11 heteroatoms. The number of carbonyl (C=O) groups is 2. The van der Waals surface area contributed by atoms with Crippen molar-refractivity contribution in [3.05, 3.63) is 94.1 Å². The molecule has 2 aromatic rings. The van der Waals surface area contributed by atoms with Crippen LogP contribution in [0, 0.1) is 16.2 Å². The Bertz CT molecular complexity index is 1460. The fraction of sp³-hybridized carbons (Fsp3) is 0.438. The Balaban J connectivity index is 1.49. The molecule has 7 nitrogen and oxygen atoms in total. The van der Waals surface area contributed by atoms with Crippen molar-refractivity contribution in [1.82, 2.24) is 4.90 Å². The Morgan fingerprint density at radius 3 is 2.40 bits per heavy atom. The summed E-state index contributed by atoms with van der Waals surface area (Å²) >= 11 is 0. The summed E-state index contributed by atoms with van der Waals surface area (Å²) in [6.07, 6.45) is -5.03. The van der Waals surface area contributed by atoms with Crippen LogP contribution >= 0.6 is 0 Å². The first-order valence-corrected chi connectivity index (χ1v) is 14.0. The number of halogens is 4. The number of amides is 1. The Morgan fingerprint density at radius 2 is 1.79 bits per heavy atom. The van der Waals surface area contributed by atoms with Crippen molar-refractivity contribution in [2.75, 3.05) is 13.7 Å². The third-order valence-corrected chi connectivity index (χ3v) is 9.10. The van der Waals surface area contributed by atoms with E-state index in [1.807, 2.05) is 18.2 Å². The standard InChI is InChI=1S/C32H32F4N2O5/c1-19(21-7-5-4-6-8-21)29(40)38-18-24(43-23-12-9-20(10-13-23)15-27(39)42-3)14-11-22-17-30(2)25(16-26(22)38)28(33)31(30,37-41)32(34,35)36/h4-10,12-13,16-17,19,24-25,28H,11,14-15,18H2,1-3H3/t19-,24-,25?,28+,30?,31?/m0/s1. The van der Waals surface area contributed by atoms with Gasteiger partial charge in [-0.05, 0) is 53.8 Å². The minimum Gasteiger partial charge on any atom is -0.489 e. The summed E-state index contributed by atoms with van der Waals surface area (Å²) in [5.74, 6) is -2.14. The Morgan fingerprint density at radius 1 is 1.12 bits per heavy atom. The molecule has 2 aromatic carbocycles. The number of carbonyl (C=O) groups excluding carboxylic acids is 2. The van der Waals surface area contributed by atoms with E-state index in [1.165, 1.54) is 31.1 Å². The van der Waals surface area contributed by atoms with Gasteiger partial charge in [0.15, 0.2) is 0 Å². The zero-order valence-electron chi connectivity index (χ0n) is 23.9. The van der Waals surface area contributed by atoms with Crippen molar-refractivity contribution in [1.29, 1.82) is 0 Å². The molecule has 1 heterocycles. The molecule has 0 N–H and O–H groups in total. The molecule has 0 radical (unpaired) electrons. The summed E-state index contributed by atoms with van der Waals surface area (Å²) in [5, 5.41) is 2.36. The smallest absolute Gasteiger partial charge is 0.420 e. The number of rotatable bonds is 7. The third kappa shape index (κ3) is 5.02. The number of benzene rings is 2. The highest BCUT2D eigenvalue weighted by Gasteiger charge is 2.83. The van der Waals surface area contributed by atoms with E-state index in [-0.39, 0.29) is 31.3 Å². The first-order valence-electron chi connectivity index (χ1n) is 14.0. The van der Waals surface area contributed by atoms with Crippen LogP contribution in [0.4, 0.5) is 17.6 Å². The van der Waals surface area contributed by atoms with Gasteiger partial charge in [-0.1, -0.05) is 61.5 Å². The molecule has 1 saturated heterocycles. The van der Waals surface area contributed by atoms with Crippen LogP contribution in [-0.2, 0) is 20.7 Å². The number of fused-ring (bicyclic) bond motifs is 2. The van der Waals surface area contributed by atoms with E-state index in [2.05, 4.69) is 5.18 Å². The Hall–Kier alpha value is -4.02. The largest absolute Gasteiger partial charge is 0.489 e. The van der Waals surface area contributed by atoms with Crippen molar-refractivity contribution < 1.29 is 36.6 Å². The highest BCUT2D eigenvalue weighted by Crippen LogP contribution is 2.68. The van der Waals surface area contributed by atoms with Crippen molar-refractivity contribution in [3.63, 3.8) is 0 Å². The molecule has 3 aliphatic rings. The van der Waals surface area contributed by atoms with Crippen LogP contribution in [0.15, 0.2) is 83.2 Å². The monoisotopic (exact) mass is 600 g/mol. The summed E-state index contributed by atoms with van der Waals surface area (Å²) in [6, 6.07) is 15.9. The van der Waals surface area contributed by atoms with Gasteiger partial charge in [0.25, 0.3) is 0 Å². The van der Waals surface area contributed by atoms with Gasteiger partial charge in [0.05, 0.1) is 26.0 Å². The van der Waals surface area contributed by atoms with E-state index in [4.69, 9.17) is 9.47 Å². The lowest BCUT2D eigenvalue weighted by Crippen LogP contribution is -2.75. The first-order chi connectivity index (χ1) is 20.4. The topological polar surface area (TPSA) is 85.3 Å². The molecule has 5 rings (SSSR count). The lowest BCUT2D eigenvalue weighted by atomic mass is 9.45. The van der Waals surface area contributed by atoms with E-state index < -0.39 is 41.2 Å². The summed E-state index contributed by atoms with van der Waals surface area (Å²) < 4.78 is 68.8. The van der Waals surface area contributed by atoms with Gasteiger partial charge in [-0.2, -0.15) is 13.2 Å². The van der Waals surface area contributed by atoms with Crippen LogP contribution in [0.5, 0.6) is 5.75 Å². The number of ether oxygens (including phenoxy) is 2. The highest BCUT2D eigenvalue weighted by atomic mass is 19.4. The average molecular weight is 601 g/mol. The molecule has 1 amide bonds. The van der Waals surface area contributed by atoms with Crippen LogP contribution in [0.2, 0.25) is 0 Å². The number of nitrogens with zero attached hydrogens (tertiary/aromatic N) is 2. The number of likely N-dealkylation sites (tertiary alicyclic amines) is 1. The van der Waals surface area contributed by atoms with E-state index in [1.54, 1.807) is 43.3 Å². The van der Waals surface area contributed by atoms with Gasteiger partial charge in [0.2, 0.25) is 11.4 Å². The van der Waals surface area contributed by atoms with Crippen LogP contribution in [0.3, 0.4) is 0 Å². The summed E-state index contributed by atoms with van der Waals surface area (Å²) in [7, 11) is 1.30. The number of allylic oxidation sites excluding steroid dienone is 2. The van der Waals surface area contributed by atoms with Crippen molar-refractivity contribution >= 4 is 11.9 Å². The molecule has 2 fully saturated rings. The van der Waals surface area contributed by atoms with E-state index in [9.17, 15) is 27.7 Å². The minimum atomic E-state index is -5.20. The van der Waals surface area contributed by atoms with Gasteiger partial charge < -0.3 is 14.4 Å². The van der Waals surface area contributed by atoms with Gasteiger partial charge in [-0.25, -0.2) is 4.39 Å². The average Bonchev–Trinajstić information content (AvgIpc) is 3.15. The van der Waals surface area contributed by atoms with Crippen LogP contribution in [0.1, 0.15) is 43.7 Å². The van der Waals surface area contributed by atoms with Gasteiger partial charge in [0.1, 0.15) is 18.0 Å². The third-order valence-electron chi connectivity index (χ3n) is 9.10. The number of alkyl halides is 4. The Kier molecular flexibility index (Phi) is 7.96. The van der Waals surface area contributed by atoms with Crippen LogP contribution in [0.25, 0.3) is 0 Å². The summed E-state index contributed by atoms with van der Waals surface area (Å²) in [6.45, 7) is 3.01. The molecule has 0 spiro atoms. The van der Waals surface area contributed by atoms with Crippen molar-refractivity contribution in [2.45, 2.75) is 63.0 Å². The maximum atomic E-state index is 15.4.